The van der Waals surface area contributed by atoms with Crippen molar-refractivity contribution in [1.82, 2.24) is 5.16 Å². The van der Waals surface area contributed by atoms with Gasteiger partial charge in [0.25, 0.3) is 0 Å². The molecular formula is C12H13ClN2O. The summed E-state index contributed by atoms with van der Waals surface area (Å²) >= 11 is 5.95. The van der Waals surface area contributed by atoms with Crippen LogP contribution < -0.4 is 5.73 Å². The van der Waals surface area contributed by atoms with Crippen LogP contribution in [-0.2, 0) is 6.42 Å². The summed E-state index contributed by atoms with van der Waals surface area (Å²) in [6.07, 6.45) is 3.42. The average molecular weight is 237 g/mol. The number of aryl methyl sites for hydroxylation is 1. The van der Waals surface area contributed by atoms with E-state index in [4.69, 9.17) is 21.9 Å². The van der Waals surface area contributed by atoms with Gasteiger partial charge < -0.3 is 10.3 Å². The minimum atomic E-state index is 0.648. The highest BCUT2D eigenvalue weighted by Gasteiger charge is 2.09. The molecule has 0 fully saturated rings. The lowest BCUT2D eigenvalue weighted by molar-refractivity contribution is 0.382. The van der Waals surface area contributed by atoms with E-state index < -0.39 is 0 Å². The fourth-order valence-corrected chi connectivity index (χ4v) is 1.79. The predicted octanol–water partition coefficient (Wildman–Crippen LogP) is 2.89. The van der Waals surface area contributed by atoms with Crippen molar-refractivity contribution in [2.75, 3.05) is 6.54 Å². The predicted molar refractivity (Wildman–Crippen MR) is 64.3 cm³/mol. The molecule has 0 atom stereocenters. The fraction of sp³-hybridized carbons (Fsp3) is 0.250. The third-order valence-electron chi connectivity index (χ3n) is 2.39. The fourth-order valence-electron chi connectivity index (χ4n) is 1.60. The summed E-state index contributed by atoms with van der Waals surface area (Å²) in [4.78, 5) is 0. The van der Waals surface area contributed by atoms with E-state index in [1.807, 2.05) is 24.3 Å². The summed E-state index contributed by atoms with van der Waals surface area (Å²) in [5.41, 5.74) is 7.50. The number of hydrogen-bond donors (Lipinski definition) is 1. The van der Waals surface area contributed by atoms with Gasteiger partial charge >= 0.3 is 0 Å². The smallest absolute Gasteiger partial charge is 0.144 e. The highest BCUT2D eigenvalue weighted by molar-refractivity contribution is 6.30. The van der Waals surface area contributed by atoms with Crippen LogP contribution in [0.4, 0.5) is 0 Å². The highest BCUT2D eigenvalue weighted by Crippen LogP contribution is 2.26. The Morgan fingerprint density at radius 2 is 2.25 bits per heavy atom. The van der Waals surface area contributed by atoms with Crippen molar-refractivity contribution in [3.8, 4) is 11.1 Å². The third kappa shape index (κ3) is 2.43. The molecule has 2 aromatic rings. The van der Waals surface area contributed by atoms with E-state index in [1.165, 1.54) is 0 Å². The highest BCUT2D eigenvalue weighted by atomic mass is 35.5. The molecule has 0 spiro atoms. The number of halogens is 1. The molecule has 3 nitrogen and oxygen atoms in total. The lowest BCUT2D eigenvalue weighted by Crippen LogP contribution is -2.00. The van der Waals surface area contributed by atoms with Crippen LogP contribution in [0.3, 0.4) is 0 Å². The van der Waals surface area contributed by atoms with Gasteiger partial charge in [-0.25, -0.2) is 0 Å². The molecule has 84 valence electrons. The number of benzene rings is 1. The lowest BCUT2D eigenvalue weighted by Gasteiger charge is -2.01. The molecule has 0 bridgehead atoms. The molecule has 0 unspecified atom stereocenters. The summed E-state index contributed by atoms with van der Waals surface area (Å²) in [5, 5.41) is 4.53. The van der Waals surface area contributed by atoms with Crippen LogP contribution in [0, 0.1) is 0 Å². The van der Waals surface area contributed by atoms with Crippen LogP contribution in [0.5, 0.6) is 0 Å². The molecule has 4 heteroatoms. The largest absolute Gasteiger partial charge is 0.361 e. The van der Waals surface area contributed by atoms with Crippen molar-refractivity contribution in [2.45, 2.75) is 12.8 Å². The molecule has 16 heavy (non-hydrogen) atoms. The number of nitrogens with two attached hydrogens (primary N) is 1. The Morgan fingerprint density at radius 3 is 3.00 bits per heavy atom. The van der Waals surface area contributed by atoms with Crippen LogP contribution in [0.15, 0.2) is 35.0 Å². The van der Waals surface area contributed by atoms with E-state index >= 15 is 0 Å². The van der Waals surface area contributed by atoms with Crippen LogP contribution in [0.25, 0.3) is 11.1 Å². The molecule has 0 aliphatic rings. The molecule has 0 aliphatic carbocycles. The number of hydrogen-bond acceptors (Lipinski definition) is 3. The van der Waals surface area contributed by atoms with Crippen molar-refractivity contribution in [3.05, 3.63) is 41.2 Å². The average Bonchev–Trinajstić information content (AvgIpc) is 2.74. The second-order valence-corrected chi connectivity index (χ2v) is 4.00. The minimum Gasteiger partial charge on any atom is -0.361 e. The topological polar surface area (TPSA) is 52.0 Å². The second kappa shape index (κ2) is 5.14. The summed E-state index contributed by atoms with van der Waals surface area (Å²) in [6.45, 7) is 0.648. The third-order valence-corrected chi connectivity index (χ3v) is 2.62. The summed E-state index contributed by atoms with van der Waals surface area (Å²) in [6, 6.07) is 7.65. The zero-order valence-electron chi connectivity index (χ0n) is 8.82. The van der Waals surface area contributed by atoms with E-state index in [9.17, 15) is 0 Å². The first-order valence-corrected chi connectivity index (χ1v) is 5.58. The van der Waals surface area contributed by atoms with Crippen LogP contribution >= 0.6 is 11.6 Å². The molecule has 0 aliphatic heterocycles. The Balaban J connectivity index is 2.29. The van der Waals surface area contributed by atoms with Crippen LogP contribution in [-0.4, -0.2) is 11.7 Å². The van der Waals surface area contributed by atoms with Gasteiger partial charge in [-0.05, 0) is 30.7 Å². The monoisotopic (exact) mass is 236 g/mol. The van der Waals surface area contributed by atoms with Gasteiger partial charge in [-0.15, -0.1) is 0 Å². The molecule has 1 heterocycles. The quantitative estimate of drug-likeness (QED) is 0.888. The molecular weight excluding hydrogens is 224 g/mol. The molecule has 0 radical (unpaired) electrons. The summed E-state index contributed by atoms with van der Waals surface area (Å²) < 4.78 is 5.21. The molecule has 2 N–H and O–H groups in total. The van der Waals surface area contributed by atoms with Crippen molar-refractivity contribution in [2.24, 2.45) is 5.73 Å². The van der Waals surface area contributed by atoms with E-state index in [2.05, 4.69) is 5.16 Å². The maximum absolute atomic E-state index is 5.95. The summed E-state index contributed by atoms with van der Waals surface area (Å²) in [5.74, 6) is 0.868. The van der Waals surface area contributed by atoms with Crippen molar-refractivity contribution < 1.29 is 4.52 Å². The van der Waals surface area contributed by atoms with Gasteiger partial charge in [0, 0.05) is 17.0 Å². The normalized spacial score (nSPS) is 10.6. The molecule has 0 amide bonds. The van der Waals surface area contributed by atoms with Gasteiger partial charge in [0.05, 0.1) is 6.20 Å². The van der Waals surface area contributed by atoms with Crippen molar-refractivity contribution in [3.63, 3.8) is 0 Å². The van der Waals surface area contributed by atoms with E-state index in [1.54, 1.807) is 6.20 Å². The van der Waals surface area contributed by atoms with Crippen molar-refractivity contribution >= 4 is 11.6 Å². The SMILES string of the molecule is NCCCc1oncc1-c1cccc(Cl)c1. The number of aromatic nitrogens is 1. The number of rotatable bonds is 4. The van der Waals surface area contributed by atoms with Gasteiger partial charge in [-0.2, -0.15) is 0 Å². The van der Waals surface area contributed by atoms with Crippen molar-refractivity contribution in [1.29, 1.82) is 0 Å². The zero-order chi connectivity index (χ0) is 11.4. The molecule has 1 aromatic heterocycles. The van der Waals surface area contributed by atoms with Gasteiger partial charge in [0.15, 0.2) is 0 Å². The van der Waals surface area contributed by atoms with E-state index in [0.717, 1.165) is 29.7 Å². The first-order chi connectivity index (χ1) is 7.81. The first kappa shape index (κ1) is 11.2. The zero-order valence-corrected chi connectivity index (χ0v) is 9.57. The van der Waals surface area contributed by atoms with Gasteiger partial charge in [-0.1, -0.05) is 28.9 Å². The Bertz CT molecular complexity index is 468. The Kier molecular flexibility index (Phi) is 3.59. The first-order valence-electron chi connectivity index (χ1n) is 5.21. The number of nitrogens with zero attached hydrogens (tertiary/aromatic N) is 1. The molecule has 2 rings (SSSR count). The summed E-state index contributed by atoms with van der Waals surface area (Å²) in [7, 11) is 0. The Labute approximate surface area is 99.2 Å². The standard InChI is InChI=1S/C12H13ClN2O/c13-10-4-1-3-9(7-10)11-8-15-16-12(11)5-2-6-14/h1,3-4,7-8H,2,5-6,14H2. The Hall–Kier alpha value is -1.32. The van der Waals surface area contributed by atoms with Gasteiger partial charge in [0.1, 0.15) is 5.76 Å². The van der Waals surface area contributed by atoms with E-state index in [-0.39, 0.29) is 0 Å². The molecule has 0 saturated heterocycles. The van der Waals surface area contributed by atoms with E-state index in [0.29, 0.717) is 11.6 Å². The Morgan fingerprint density at radius 1 is 1.38 bits per heavy atom. The molecule has 1 aromatic carbocycles. The molecule has 0 saturated carbocycles. The maximum Gasteiger partial charge on any atom is 0.144 e. The second-order valence-electron chi connectivity index (χ2n) is 3.57. The maximum atomic E-state index is 5.95. The van der Waals surface area contributed by atoms with Gasteiger partial charge in [-0.3, -0.25) is 0 Å². The van der Waals surface area contributed by atoms with Crippen LogP contribution in [0.1, 0.15) is 12.2 Å². The lowest BCUT2D eigenvalue weighted by atomic mass is 10.0. The minimum absolute atomic E-state index is 0.648. The van der Waals surface area contributed by atoms with Crippen LogP contribution in [0.2, 0.25) is 5.02 Å². The van der Waals surface area contributed by atoms with Gasteiger partial charge in [0.2, 0.25) is 0 Å².